The third-order valence-corrected chi connectivity index (χ3v) is 7.61. The highest BCUT2D eigenvalue weighted by Gasteiger charge is 2.34. The van der Waals surface area contributed by atoms with Crippen LogP contribution in [0.15, 0.2) is 83.4 Å². The Morgan fingerprint density at radius 3 is 2.25 bits per heavy atom. The molecule has 2 heterocycles. The minimum absolute atomic E-state index is 0.0240. The number of aromatic nitrogens is 1. The third kappa shape index (κ3) is 3.70. The first-order chi connectivity index (χ1) is 19.5. The highest BCUT2D eigenvalue weighted by Crippen LogP contribution is 2.46. The SMILES string of the molecule is O=C([O-])c1ccccc1Nc1cc(N2CCN(c3ccccc3F)CC2)c2noc3c2c1C(=O)c1ccccc1-3. The van der Waals surface area contributed by atoms with Crippen molar-refractivity contribution >= 4 is 45.4 Å². The van der Waals surface area contributed by atoms with Crippen LogP contribution in [0.25, 0.3) is 22.2 Å². The van der Waals surface area contributed by atoms with E-state index in [0.717, 1.165) is 5.69 Å². The van der Waals surface area contributed by atoms with Gasteiger partial charge >= 0.3 is 0 Å². The second kappa shape index (κ2) is 9.23. The van der Waals surface area contributed by atoms with Crippen LogP contribution in [-0.2, 0) is 0 Å². The number of carbonyl (C=O) groups is 2. The van der Waals surface area contributed by atoms with Crippen molar-refractivity contribution in [3.8, 4) is 11.3 Å². The zero-order valence-electron chi connectivity index (χ0n) is 21.2. The van der Waals surface area contributed by atoms with E-state index < -0.39 is 5.97 Å². The Morgan fingerprint density at radius 2 is 1.50 bits per heavy atom. The molecule has 1 fully saturated rings. The van der Waals surface area contributed by atoms with Crippen LogP contribution in [0.5, 0.6) is 0 Å². The lowest BCUT2D eigenvalue weighted by Crippen LogP contribution is -2.47. The van der Waals surface area contributed by atoms with Crippen LogP contribution >= 0.6 is 0 Å². The van der Waals surface area contributed by atoms with E-state index in [1.165, 1.54) is 12.1 Å². The number of carboxylic acids is 1. The van der Waals surface area contributed by atoms with Crippen molar-refractivity contribution in [1.29, 1.82) is 0 Å². The largest absolute Gasteiger partial charge is 0.545 e. The molecule has 7 rings (SSSR count). The number of hydrogen-bond acceptors (Lipinski definition) is 8. The standard InChI is InChI=1S/C31H23FN4O4/c32-21-10-4-6-12-24(21)35-13-15-36(16-14-35)25-17-23(33-22-11-5-3-9-20(22)31(38)39)26-27-28(25)34-40-30(27)19-8-2-1-7-18(19)29(26)37/h1-12,17,33H,13-16H2,(H,38,39)/p-1. The number of rotatable bonds is 5. The molecule has 1 aliphatic carbocycles. The molecule has 4 aromatic carbocycles. The van der Waals surface area contributed by atoms with Crippen LogP contribution in [0.3, 0.4) is 0 Å². The van der Waals surface area contributed by atoms with Gasteiger partial charge < -0.3 is 29.5 Å². The first-order valence-electron chi connectivity index (χ1n) is 12.9. The molecule has 0 atom stereocenters. The van der Waals surface area contributed by atoms with E-state index in [0.29, 0.717) is 76.6 Å². The van der Waals surface area contributed by atoms with E-state index in [1.54, 1.807) is 42.5 Å². The number of aromatic carboxylic acids is 1. The molecule has 0 unspecified atom stereocenters. The van der Waals surface area contributed by atoms with Gasteiger partial charge in [0.15, 0.2) is 11.5 Å². The predicted molar refractivity (Wildman–Crippen MR) is 148 cm³/mol. The number of piperazine rings is 1. The van der Waals surface area contributed by atoms with Gasteiger partial charge in [0.25, 0.3) is 0 Å². The van der Waals surface area contributed by atoms with Gasteiger partial charge in [-0.3, -0.25) is 4.79 Å². The molecule has 5 aromatic rings. The van der Waals surface area contributed by atoms with E-state index in [4.69, 9.17) is 4.52 Å². The number of carboxylic acid groups (broad SMARTS) is 1. The minimum atomic E-state index is -1.33. The maximum atomic E-state index is 14.4. The van der Waals surface area contributed by atoms with Gasteiger partial charge in [0.1, 0.15) is 11.3 Å². The van der Waals surface area contributed by atoms with Crippen molar-refractivity contribution in [2.75, 3.05) is 41.3 Å². The molecule has 1 saturated heterocycles. The summed E-state index contributed by atoms with van der Waals surface area (Å²) in [5.41, 5.74) is 4.07. The fourth-order valence-electron chi connectivity index (χ4n) is 5.69. The van der Waals surface area contributed by atoms with Gasteiger partial charge in [-0.25, -0.2) is 4.39 Å². The number of nitrogens with zero attached hydrogens (tertiary/aromatic N) is 3. The molecule has 0 bridgehead atoms. The monoisotopic (exact) mass is 533 g/mol. The molecule has 1 aromatic heterocycles. The van der Waals surface area contributed by atoms with Crippen LogP contribution in [-0.4, -0.2) is 43.1 Å². The van der Waals surface area contributed by atoms with E-state index >= 15 is 0 Å². The third-order valence-electron chi connectivity index (χ3n) is 7.61. The lowest BCUT2D eigenvalue weighted by Gasteiger charge is -2.37. The summed E-state index contributed by atoms with van der Waals surface area (Å²) in [7, 11) is 0. The minimum Gasteiger partial charge on any atom is -0.545 e. The maximum absolute atomic E-state index is 14.4. The lowest BCUT2D eigenvalue weighted by molar-refractivity contribution is -0.254. The highest BCUT2D eigenvalue weighted by atomic mass is 19.1. The van der Waals surface area contributed by atoms with Crippen molar-refractivity contribution in [3.05, 3.63) is 101 Å². The lowest BCUT2D eigenvalue weighted by atomic mass is 9.86. The summed E-state index contributed by atoms with van der Waals surface area (Å²) in [6.45, 7) is 2.30. The number of para-hydroxylation sites is 2. The predicted octanol–water partition coefficient (Wildman–Crippen LogP) is 4.61. The Balaban J connectivity index is 1.36. The topological polar surface area (TPSA) is 102 Å². The van der Waals surface area contributed by atoms with Gasteiger partial charge in [0.05, 0.1) is 34.0 Å². The molecule has 0 radical (unpaired) electrons. The second-order valence-corrected chi connectivity index (χ2v) is 9.81. The van der Waals surface area contributed by atoms with Gasteiger partial charge in [-0.05, 0) is 24.3 Å². The fraction of sp³-hybridized carbons (Fsp3) is 0.129. The molecular weight excluding hydrogens is 511 g/mol. The van der Waals surface area contributed by atoms with Gasteiger partial charge in [-0.1, -0.05) is 59.8 Å². The van der Waals surface area contributed by atoms with E-state index in [-0.39, 0.29) is 17.2 Å². The summed E-state index contributed by atoms with van der Waals surface area (Å²) in [6, 6.07) is 22.1. The molecule has 1 N–H and O–H groups in total. The van der Waals surface area contributed by atoms with Crippen LogP contribution in [0, 0.1) is 5.82 Å². The molecule has 0 spiro atoms. The molecule has 0 saturated carbocycles. The molecule has 1 aliphatic heterocycles. The normalized spacial score (nSPS) is 14.4. The average molecular weight is 534 g/mol. The van der Waals surface area contributed by atoms with Crippen molar-refractivity contribution in [1.82, 2.24) is 5.16 Å². The van der Waals surface area contributed by atoms with Gasteiger partial charge in [0, 0.05) is 48.6 Å². The number of fused-ring (bicyclic) bond motifs is 2. The number of anilines is 4. The van der Waals surface area contributed by atoms with Gasteiger partial charge in [-0.15, -0.1) is 0 Å². The smallest absolute Gasteiger partial charge is 0.196 e. The number of halogens is 1. The van der Waals surface area contributed by atoms with Gasteiger partial charge in [0.2, 0.25) is 0 Å². The molecule has 198 valence electrons. The second-order valence-electron chi connectivity index (χ2n) is 9.81. The molecule has 8 nitrogen and oxygen atoms in total. The van der Waals surface area contributed by atoms with Crippen molar-refractivity contribution < 1.29 is 23.6 Å². The van der Waals surface area contributed by atoms with E-state index in [1.807, 2.05) is 29.2 Å². The molecule has 2 aliphatic rings. The first-order valence-corrected chi connectivity index (χ1v) is 12.9. The molecule has 0 amide bonds. The van der Waals surface area contributed by atoms with Crippen molar-refractivity contribution in [3.63, 3.8) is 0 Å². The summed E-state index contributed by atoms with van der Waals surface area (Å²) in [4.78, 5) is 29.8. The molecule has 9 heteroatoms. The van der Waals surface area contributed by atoms with Crippen LogP contribution in [0.1, 0.15) is 26.3 Å². The fourth-order valence-corrected chi connectivity index (χ4v) is 5.69. The van der Waals surface area contributed by atoms with Crippen LogP contribution in [0.4, 0.5) is 27.1 Å². The Labute approximate surface area is 228 Å². The summed E-state index contributed by atoms with van der Waals surface area (Å²) < 4.78 is 20.3. The van der Waals surface area contributed by atoms with Crippen molar-refractivity contribution in [2.24, 2.45) is 0 Å². The summed E-state index contributed by atoms with van der Waals surface area (Å²) in [6.07, 6.45) is 0. The zero-order chi connectivity index (χ0) is 27.4. The summed E-state index contributed by atoms with van der Waals surface area (Å²) in [5, 5.41) is 20.0. The average Bonchev–Trinajstić information content (AvgIpc) is 3.42. The first kappa shape index (κ1) is 23.9. The number of ketones is 1. The Kier molecular flexibility index (Phi) is 5.52. The summed E-state index contributed by atoms with van der Waals surface area (Å²) >= 11 is 0. The molecule has 40 heavy (non-hydrogen) atoms. The number of nitrogens with one attached hydrogen (secondary N) is 1. The number of benzene rings is 4. The van der Waals surface area contributed by atoms with Crippen LogP contribution in [0.2, 0.25) is 0 Å². The van der Waals surface area contributed by atoms with E-state index in [9.17, 15) is 19.1 Å². The number of carbonyl (C=O) groups excluding carboxylic acids is 2. The summed E-state index contributed by atoms with van der Waals surface area (Å²) in [5.74, 6) is -1.31. The van der Waals surface area contributed by atoms with Crippen LogP contribution < -0.4 is 20.2 Å². The Morgan fingerprint density at radius 1 is 0.850 bits per heavy atom. The van der Waals surface area contributed by atoms with Gasteiger partial charge in [-0.2, -0.15) is 0 Å². The zero-order valence-corrected chi connectivity index (χ0v) is 21.2. The highest BCUT2D eigenvalue weighted by molar-refractivity contribution is 6.29. The Bertz CT molecular complexity index is 1820. The maximum Gasteiger partial charge on any atom is 0.196 e. The number of hydrogen-bond donors (Lipinski definition) is 1. The quantitative estimate of drug-likeness (QED) is 0.343. The Hall–Kier alpha value is -5.18. The molecular formula is C31H22FN4O4-. The van der Waals surface area contributed by atoms with E-state index in [2.05, 4.69) is 15.4 Å². The van der Waals surface area contributed by atoms with Crippen molar-refractivity contribution in [2.45, 2.75) is 0 Å².